The van der Waals surface area contributed by atoms with Crippen LogP contribution in [0.25, 0.3) is 0 Å². The summed E-state index contributed by atoms with van der Waals surface area (Å²) in [4.78, 5) is 14.6. The van der Waals surface area contributed by atoms with Gasteiger partial charge in [-0.2, -0.15) is 13.2 Å². The molecule has 8 heteroatoms. The summed E-state index contributed by atoms with van der Waals surface area (Å²) in [5.41, 5.74) is 6.46. The van der Waals surface area contributed by atoms with Crippen molar-refractivity contribution in [1.82, 2.24) is 9.80 Å². The SMILES string of the molecule is Cc1cc(C)c(/N=C(\c2ccc(C(F)(F)F)cc2)N2CCCN(/C(=N/c3c(C)cccc3C)c3ccccc3)C2)c(Cl)c1. The number of benzene rings is 4. The third kappa shape index (κ3) is 6.94. The maximum absolute atomic E-state index is 13.4. The van der Waals surface area contributed by atoms with Gasteiger partial charge < -0.3 is 9.80 Å². The number of alkyl halides is 3. The number of nitrogens with zero attached hydrogens (tertiary/aromatic N) is 4. The Morgan fingerprint density at radius 1 is 0.674 bits per heavy atom. The van der Waals surface area contributed by atoms with Crippen LogP contribution in [-0.2, 0) is 6.18 Å². The number of hydrogen-bond acceptors (Lipinski definition) is 2. The van der Waals surface area contributed by atoms with E-state index < -0.39 is 11.7 Å². The van der Waals surface area contributed by atoms with Gasteiger partial charge in [0.15, 0.2) is 0 Å². The Bertz CT molecular complexity index is 1620. The fourth-order valence-electron chi connectivity index (χ4n) is 5.42. The van der Waals surface area contributed by atoms with Gasteiger partial charge in [-0.1, -0.05) is 78.3 Å². The normalized spacial score (nSPS) is 14.8. The standard InChI is InChI=1S/C35H34ClF3N4/c1-23-20-26(4)32(30(36)21-23)41-34(28-14-16-29(17-15-28)35(37,38)39)43-19-9-18-42(22-43)33(27-12-6-5-7-13-27)40-31-24(2)10-8-11-25(31)3/h5-8,10-17,20-21H,9,18-19,22H2,1-4H3/b40-33+,41-34+. The zero-order valence-electron chi connectivity index (χ0n) is 24.7. The molecule has 1 saturated heterocycles. The first kappa shape index (κ1) is 30.4. The second kappa shape index (κ2) is 12.6. The van der Waals surface area contributed by atoms with Crippen molar-refractivity contribution in [3.63, 3.8) is 0 Å². The van der Waals surface area contributed by atoms with E-state index in [4.69, 9.17) is 21.6 Å². The summed E-state index contributed by atoms with van der Waals surface area (Å²) in [7, 11) is 0. The maximum Gasteiger partial charge on any atom is 0.416 e. The Kier molecular flexibility index (Phi) is 8.92. The Morgan fingerprint density at radius 3 is 1.79 bits per heavy atom. The molecule has 0 N–H and O–H groups in total. The van der Waals surface area contributed by atoms with Gasteiger partial charge in [0.25, 0.3) is 0 Å². The van der Waals surface area contributed by atoms with Gasteiger partial charge in [0.1, 0.15) is 11.7 Å². The first-order chi connectivity index (χ1) is 20.5. The summed E-state index contributed by atoms with van der Waals surface area (Å²) in [5, 5.41) is 0.498. The molecule has 0 unspecified atom stereocenters. The number of aryl methyl sites for hydroxylation is 4. The van der Waals surface area contributed by atoms with Gasteiger partial charge in [0, 0.05) is 24.2 Å². The number of amidine groups is 2. The molecule has 4 nitrogen and oxygen atoms in total. The van der Waals surface area contributed by atoms with Gasteiger partial charge in [-0.15, -0.1) is 0 Å². The minimum atomic E-state index is -4.43. The molecule has 1 heterocycles. The summed E-state index contributed by atoms with van der Waals surface area (Å²) in [5.74, 6) is 1.39. The van der Waals surface area contributed by atoms with E-state index in [-0.39, 0.29) is 0 Å². The Balaban J connectivity index is 1.60. The van der Waals surface area contributed by atoms with Crippen LogP contribution in [0.15, 0.2) is 94.9 Å². The molecule has 0 radical (unpaired) electrons. The largest absolute Gasteiger partial charge is 0.416 e. The topological polar surface area (TPSA) is 31.2 Å². The average molecular weight is 603 g/mol. The lowest BCUT2D eigenvalue weighted by molar-refractivity contribution is -0.137. The number of aliphatic imine (C=N–C) groups is 2. The fraction of sp³-hybridized carbons (Fsp3) is 0.257. The zero-order valence-corrected chi connectivity index (χ0v) is 25.5. The quantitative estimate of drug-likeness (QED) is 0.172. The predicted octanol–water partition coefficient (Wildman–Crippen LogP) is 9.41. The number of rotatable bonds is 4. The highest BCUT2D eigenvalue weighted by molar-refractivity contribution is 6.33. The molecule has 0 spiro atoms. The molecule has 1 fully saturated rings. The molecule has 0 amide bonds. The monoisotopic (exact) mass is 602 g/mol. The molecule has 43 heavy (non-hydrogen) atoms. The summed E-state index contributed by atoms with van der Waals surface area (Å²) in [6, 6.07) is 25.2. The van der Waals surface area contributed by atoms with Crippen LogP contribution in [-0.4, -0.2) is 41.2 Å². The van der Waals surface area contributed by atoms with Crippen molar-refractivity contribution in [1.29, 1.82) is 0 Å². The fourth-order valence-corrected chi connectivity index (χ4v) is 5.78. The predicted molar refractivity (Wildman–Crippen MR) is 170 cm³/mol. The molecule has 5 rings (SSSR count). The molecule has 222 valence electrons. The van der Waals surface area contributed by atoms with Crippen LogP contribution in [0.2, 0.25) is 5.02 Å². The van der Waals surface area contributed by atoms with Crippen LogP contribution in [0.3, 0.4) is 0 Å². The first-order valence-corrected chi connectivity index (χ1v) is 14.6. The Labute approximate surface area is 256 Å². The summed E-state index contributed by atoms with van der Waals surface area (Å²) < 4.78 is 40.3. The lowest BCUT2D eigenvalue weighted by Gasteiger charge is -2.39. The van der Waals surface area contributed by atoms with Gasteiger partial charge in [-0.3, -0.25) is 0 Å². The number of hydrogen-bond donors (Lipinski definition) is 0. The van der Waals surface area contributed by atoms with Gasteiger partial charge in [0.05, 0.1) is 28.6 Å². The van der Waals surface area contributed by atoms with Crippen molar-refractivity contribution in [2.24, 2.45) is 9.98 Å². The number of para-hydroxylation sites is 1. The van der Waals surface area contributed by atoms with Crippen LogP contribution in [0.5, 0.6) is 0 Å². The van der Waals surface area contributed by atoms with Crippen molar-refractivity contribution in [3.05, 3.63) is 129 Å². The Morgan fingerprint density at radius 2 is 1.23 bits per heavy atom. The third-order valence-electron chi connectivity index (χ3n) is 7.57. The second-order valence-electron chi connectivity index (χ2n) is 11.0. The Hall–Kier alpha value is -4.10. The zero-order chi connectivity index (χ0) is 30.7. The van der Waals surface area contributed by atoms with Crippen molar-refractivity contribution >= 4 is 34.6 Å². The molecule has 0 atom stereocenters. The van der Waals surface area contributed by atoms with E-state index >= 15 is 0 Å². The molecule has 0 saturated carbocycles. The van der Waals surface area contributed by atoms with E-state index in [1.165, 1.54) is 12.1 Å². The average Bonchev–Trinajstić information content (AvgIpc) is 2.97. The van der Waals surface area contributed by atoms with Crippen LogP contribution < -0.4 is 0 Å². The lowest BCUT2D eigenvalue weighted by Crippen LogP contribution is -2.50. The molecular formula is C35H34ClF3N4. The van der Waals surface area contributed by atoms with E-state index in [2.05, 4.69) is 35.8 Å². The van der Waals surface area contributed by atoms with Crippen LogP contribution >= 0.6 is 11.6 Å². The smallest absolute Gasteiger partial charge is 0.338 e. The third-order valence-corrected chi connectivity index (χ3v) is 7.86. The molecule has 0 bridgehead atoms. The lowest BCUT2D eigenvalue weighted by atomic mass is 10.1. The van der Waals surface area contributed by atoms with Crippen molar-refractivity contribution < 1.29 is 13.2 Å². The molecular weight excluding hydrogens is 569 g/mol. The highest BCUT2D eigenvalue weighted by Gasteiger charge is 2.31. The molecule has 0 aliphatic carbocycles. The van der Waals surface area contributed by atoms with Crippen molar-refractivity contribution in [2.75, 3.05) is 19.8 Å². The van der Waals surface area contributed by atoms with Gasteiger partial charge in [-0.25, -0.2) is 9.98 Å². The van der Waals surface area contributed by atoms with Gasteiger partial charge in [-0.05, 0) is 74.6 Å². The molecule has 0 aromatic heterocycles. The minimum absolute atomic E-state index is 0.445. The van der Waals surface area contributed by atoms with Gasteiger partial charge in [0.2, 0.25) is 0 Å². The minimum Gasteiger partial charge on any atom is -0.338 e. The van der Waals surface area contributed by atoms with E-state index in [1.807, 2.05) is 62.4 Å². The molecule has 1 aliphatic rings. The summed E-state index contributed by atoms with van der Waals surface area (Å²) in [6.45, 7) is 9.90. The summed E-state index contributed by atoms with van der Waals surface area (Å²) >= 11 is 6.67. The van der Waals surface area contributed by atoms with Crippen molar-refractivity contribution in [3.8, 4) is 0 Å². The van der Waals surface area contributed by atoms with E-state index in [9.17, 15) is 13.2 Å². The van der Waals surface area contributed by atoms with Crippen LogP contribution in [0, 0.1) is 27.7 Å². The number of halogens is 4. The van der Waals surface area contributed by atoms with Gasteiger partial charge >= 0.3 is 6.18 Å². The molecule has 4 aromatic carbocycles. The van der Waals surface area contributed by atoms with Crippen LogP contribution in [0.1, 0.15) is 45.4 Å². The summed E-state index contributed by atoms with van der Waals surface area (Å²) in [6.07, 6.45) is -3.62. The highest BCUT2D eigenvalue weighted by Crippen LogP contribution is 2.33. The van der Waals surface area contributed by atoms with Crippen LogP contribution in [0.4, 0.5) is 24.5 Å². The molecule has 4 aromatic rings. The maximum atomic E-state index is 13.4. The molecule has 1 aliphatic heterocycles. The van der Waals surface area contributed by atoms with E-state index in [1.54, 1.807) is 0 Å². The van der Waals surface area contributed by atoms with Crippen molar-refractivity contribution in [2.45, 2.75) is 40.3 Å². The van der Waals surface area contributed by atoms with E-state index in [0.29, 0.717) is 35.3 Å². The first-order valence-electron chi connectivity index (χ1n) is 14.2. The van der Waals surface area contributed by atoms with E-state index in [0.717, 1.165) is 64.4 Å². The highest BCUT2D eigenvalue weighted by atomic mass is 35.5. The second-order valence-corrected chi connectivity index (χ2v) is 11.4.